The molecular weight excluding hydrogens is 504 g/mol. The highest BCUT2D eigenvalue weighted by atomic mass is 32.1. The number of nitrogens with one attached hydrogen (secondary N) is 2. The lowest BCUT2D eigenvalue weighted by molar-refractivity contribution is -0.122. The van der Waals surface area contributed by atoms with E-state index in [9.17, 15) is 4.79 Å². The van der Waals surface area contributed by atoms with E-state index in [0.717, 1.165) is 53.0 Å². The number of amides is 1. The maximum atomic E-state index is 12.7. The van der Waals surface area contributed by atoms with Crippen LogP contribution in [0.4, 0.5) is 5.13 Å². The highest BCUT2D eigenvalue weighted by Crippen LogP contribution is 2.32. The molecular formula is C27H32N6O2S2. The summed E-state index contributed by atoms with van der Waals surface area (Å²) in [6.07, 6.45) is 14.0. The summed E-state index contributed by atoms with van der Waals surface area (Å²) >= 11 is 3.14. The third-order valence-corrected chi connectivity index (χ3v) is 8.41. The summed E-state index contributed by atoms with van der Waals surface area (Å²) in [7, 11) is 0. The van der Waals surface area contributed by atoms with Crippen LogP contribution < -0.4 is 10.6 Å². The van der Waals surface area contributed by atoms with Crippen LogP contribution in [0.15, 0.2) is 46.0 Å². The molecule has 2 aliphatic carbocycles. The molecule has 0 spiro atoms. The Morgan fingerprint density at radius 2 is 2.14 bits per heavy atom. The SMILES string of the molecule is CC=NC(COC1CCCC1)=N/C=C/c1ccc2nc(NC(=O)C3CC(NCc4nccs4)C3)sc2c1. The Balaban J connectivity index is 1.12. The summed E-state index contributed by atoms with van der Waals surface area (Å²) in [4.78, 5) is 30.4. The number of hydrogen-bond acceptors (Lipinski definition) is 8. The highest BCUT2D eigenvalue weighted by molar-refractivity contribution is 7.22. The quantitative estimate of drug-likeness (QED) is 0.257. The van der Waals surface area contributed by atoms with Gasteiger partial charge in [0.2, 0.25) is 5.91 Å². The van der Waals surface area contributed by atoms with Gasteiger partial charge < -0.3 is 15.4 Å². The van der Waals surface area contributed by atoms with Gasteiger partial charge in [0.05, 0.1) is 16.3 Å². The molecule has 2 heterocycles. The monoisotopic (exact) mass is 536 g/mol. The van der Waals surface area contributed by atoms with Crippen molar-refractivity contribution in [3.63, 3.8) is 0 Å². The standard InChI is InChI=1S/C27H32N6O2S2/c1-2-28-24(17-35-21-5-3-4-6-21)29-10-9-18-7-8-22-23(13-18)37-27(32-22)33-26(34)19-14-20(15-19)31-16-25-30-11-12-36-25/h2,7-13,19-21,31H,3-6,14-17H2,1H3,(H,32,33,34)/b10-9+,28-2?,29-24?. The Bertz CT molecular complexity index is 1270. The zero-order chi connectivity index (χ0) is 25.5. The minimum Gasteiger partial charge on any atom is -0.370 e. The predicted molar refractivity (Wildman–Crippen MR) is 153 cm³/mol. The molecule has 2 fully saturated rings. The first-order chi connectivity index (χ1) is 18.2. The third kappa shape index (κ3) is 7.16. The molecule has 8 nitrogen and oxygen atoms in total. The van der Waals surface area contributed by atoms with Gasteiger partial charge in [-0.25, -0.2) is 20.0 Å². The topological polar surface area (TPSA) is 101 Å². The molecule has 1 amide bonds. The van der Waals surface area contributed by atoms with Crippen LogP contribution in [0.5, 0.6) is 0 Å². The smallest absolute Gasteiger partial charge is 0.229 e. The molecule has 2 aromatic heterocycles. The molecule has 2 N–H and O–H groups in total. The zero-order valence-corrected chi connectivity index (χ0v) is 22.6. The van der Waals surface area contributed by atoms with Gasteiger partial charge in [-0.2, -0.15) is 0 Å². The fourth-order valence-electron chi connectivity index (χ4n) is 4.59. The average Bonchev–Trinajstić information content (AvgIpc) is 3.63. The number of hydrogen-bond donors (Lipinski definition) is 2. The largest absolute Gasteiger partial charge is 0.370 e. The van der Waals surface area contributed by atoms with Gasteiger partial charge in [-0.05, 0) is 56.4 Å². The summed E-state index contributed by atoms with van der Waals surface area (Å²) in [5.74, 6) is 0.741. The van der Waals surface area contributed by atoms with Crippen molar-refractivity contribution < 1.29 is 9.53 Å². The summed E-state index contributed by atoms with van der Waals surface area (Å²) in [6, 6.07) is 6.40. The Labute approximate surface area is 225 Å². The van der Waals surface area contributed by atoms with Crippen molar-refractivity contribution >= 4 is 62.1 Å². The molecule has 1 aromatic carbocycles. The number of aromatic nitrogens is 2. The van der Waals surface area contributed by atoms with E-state index in [0.29, 0.717) is 29.7 Å². The number of benzene rings is 1. The summed E-state index contributed by atoms with van der Waals surface area (Å²) in [5, 5.41) is 10.2. The molecule has 0 radical (unpaired) electrons. The van der Waals surface area contributed by atoms with E-state index in [1.54, 1.807) is 23.8 Å². The number of carbonyl (C=O) groups excluding carboxylic acids is 1. The summed E-state index contributed by atoms with van der Waals surface area (Å²) in [5.41, 5.74) is 1.89. The van der Waals surface area contributed by atoms with Crippen molar-refractivity contribution in [1.29, 1.82) is 0 Å². The molecule has 10 heteroatoms. The Kier molecular flexibility index (Phi) is 8.83. The lowest BCUT2D eigenvalue weighted by atomic mass is 9.79. The number of thiazole rings is 2. The third-order valence-electron chi connectivity index (χ3n) is 6.70. The van der Waals surface area contributed by atoms with E-state index in [1.807, 2.05) is 36.7 Å². The van der Waals surface area contributed by atoms with E-state index in [4.69, 9.17) is 4.74 Å². The Morgan fingerprint density at radius 1 is 1.27 bits per heavy atom. The molecule has 0 saturated heterocycles. The van der Waals surface area contributed by atoms with Crippen molar-refractivity contribution in [3.8, 4) is 0 Å². The first-order valence-electron chi connectivity index (χ1n) is 12.8. The van der Waals surface area contributed by atoms with Crippen LogP contribution in [0, 0.1) is 5.92 Å². The normalized spacial score (nSPS) is 20.8. The Hall–Kier alpha value is -2.79. The first-order valence-corrected chi connectivity index (χ1v) is 14.5. The molecule has 0 unspecified atom stereocenters. The van der Waals surface area contributed by atoms with Gasteiger partial charge in [0.15, 0.2) is 11.0 Å². The molecule has 2 aliphatic rings. The van der Waals surface area contributed by atoms with E-state index in [-0.39, 0.29) is 11.8 Å². The molecule has 37 heavy (non-hydrogen) atoms. The van der Waals surface area contributed by atoms with Gasteiger partial charge in [0.1, 0.15) is 11.6 Å². The number of carbonyl (C=O) groups is 1. The second-order valence-electron chi connectivity index (χ2n) is 9.37. The maximum Gasteiger partial charge on any atom is 0.229 e. The van der Waals surface area contributed by atoms with Crippen LogP contribution in [0.1, 0.15) is 56.0 Å². The molecule has 0 aliphatic heterocycles. The molecule has 0 atom stereocenters. The van der Waals surface area contributed by atoms with E-state index in [1.165, 1.54) is 24.2 Å². The lowest BCUT2D eigenvalue weighted by Crippen LogP contribution is -2.45. The highest BCUT2D eigenvalue weighted by Gasteiger charge is 2.34. The first kappa shape index (κ1) is 25.8. The van der Waals surface area contributed by atoms with Gasteiger partial charge in [0.25, 0.3) is 0 Å². The fourth-order valence-corrected chi connectivity index (χ4v) is 6.07. The summed E-state index contributed by atoms with van der Waals surface area (Å²) in [6.45, 7) is 3.07. The number of anilines is 1. The Morgan fingerprint density at radius 3 is 2.92 bits per heavy atom. The second kappa shape index (κ2) is 12.6. The van der Waals surface area contributed by atoms with Crippen LogP contribution >= 0.6 is 22.7 Å². The van der Waals surface area contributed by atoms with Crippen LogP contribution in [0.3, 0.4) is 0 Å². The maximum absolute atomic E-state index is 12.7. The number of ether oxygens (including phenoxy) is 1. The predicted octanol–water partition coefficient (Wildman–Crippen LogP) is 5.68. The van der Waals surface area contributed by atoms with Gasteiger partial charge >= 0.3 is 0 Å². The van der Waals surface area contributed by atoms with Crippen molar-refractivity contribution in [2.75, 3.05) is 11.9 Å². The number of aliphatic imine (C=N–C) groups is 2. The van der Waals surface area contributed by atoms with Crippen LogP contribution in [0.2, 0.25) is 0 Å². The molecule has 194 valence electrons. The van der Waals surface area contributed by atoms with Crippen molar-refractivity contribution in [2.24, 2.45) is 15.9 Å². The van der Waals surface area contributed by atoms with E-state index >= 15 is 0 Å². The lowest BCUT2D eigenvalue weighted by Gasteiger charge is -2.34. The number of amidine groups is 1. The molecule has 5 rings (SSSR count). The van der Waals surface area contributed by atoms with Crippen LogP contribution in [-0.2, 0) is 16.1 Å². The van der Waals surface area contributed by atoms with Crippen molar-refractivity contribution in [3.05, 3.63) is 46.5 Å². The number of fused-ring (bicyclic) bond motifs is 1. The zero-order valence-electron chi connectivity index (χ0n) is 20.9. The molecule has 2 saturated carbocycles. The number of nitrogens with zero attached hydrogens (tertiary/aromatic N) is 4. The van der Waals surface area contributed by atoms with Gasteiger partial charge in [-0.15, -0.1) is 11.3 Å². The van der Waals surface area contributed by atoms with Crippen LogP contribution in [0.25, 0.3) is 16.3 Å². The molecule has 3 aromatic rings. The van der Waals surface area contributed by atoms with Gasteiger partial charge in [-0.1, -0.05) is 30.2 Å². The minimum atomic E-state index is 0.0230. The van der Waals surface area contributed by atoms with Crippen molar-refractivity contribution in [2.45, 2.75) is 64.1 Å². The van der Waals surface area contributed by atoms with Gasteiger partial charge in [-0.3, -0.25) is 4.79 Å². The van der Waals surface area contributed by atoms with Crippen LogP contribution in [-0.4, -0.2) is 46.7 Å². The fraction of sp³-hybridized carbons (Fsp3) is 0.444. The summed E-state index contributed by atoms with van der Waals surface area (Å²) < 4.78 is 6.97. The minimum absolute atomic E-state index is 0.0230. The van der Waals surface area contributed by atoms with Gasteiger partial charge in [0, 0.05) is 42.5 Å². The number of rotatable bonds is 10. The van der Waals surface area contributed by atoms with Crippen molar-refractivity contribution in [1.82, 2.24) is 15.3 Å². The second-order valence-corrected chi connectivity index (χ2v) is 11.4. The van der Waals surface area contributed by atoms with E-state index in [2.05, 4.69) is 36.7 Å². The molecule has 0 bridgehead atoms. The average molecular weight is 537 g/mol. The van der Waals surface area contributed by atoms with E-state index < -0.39 is 0 Å².